The monoisotopic (exact) mass is 686 g/mol. The molecule has 3 amide bonds. The molecule has 0 aliphatic rings. The summed E-state index contributed by atoms with van der Waals surface area (Å²) < 4.78 is 3.30. The van der Waals surface area contributed by atoms with E-state index in [-0.39, 0.29) is 50.2 Å². The first kappa shape index (κ1) is 37.9. The maximum atomic E-state index is 13.2. The largest absolute Gasteiger partial charge is 0.501 e. The third kappa shape index (κ3) is 8.66. The van der Waals surface area contributed by atoms with E-state index in [2.05, 4.69) is 30.9 Å². The molecule has 0 spiro atoms. The van der Waals surface area contributed by atoms with Crippen LogP contribution in [0.15, 0.2) is 14.4 Å². The van der Waals surface area contributed by atoms with E-state index in [1.54, 1.807) is 4.90 Å². The van der Waals surface area contributed by atoms with E-state index in [9.17, 15) is 44.1 Å². The topological polar surface area (TPSA) is 256 Å². The molecular weight excluding hydrogens is 644 g/mol. The Bertz CT molecular complexity index is 1840. The summed E-state index contributed by atoms with van der Waals surface area (Å²) in [5.41, 5.74) is -3.66. The number of aromatic hydroxyl groups is 3. The summed E-state index contributed by atoms with van der Waals surface area (Å²) in [6, 6.07) is -0.550. The molecule has 0 radical (unpaired) electrons. The number of nitrogens with zero attached hydrogens (tertiary/aromatic N) is 7. The van der Waals surface area contributed by atoms with Crippen LogP contribution in [0, 0.1) is 20.8 Å². The van der Waals surface area contributed by atoms with Crippen LogP contribution in [0.5, 0.6) is 17.2 Å². The van der Waals surface area contributed by atoms with Crippen molar-refractivity contribution in [1.82, 2.24) is 49.5 Å². The number of aryl methyl sites for hydroxylation is 3. The van der Waals surface area contributed by atoms with Crippen molar-refractivity contribution >= 4 is 17.7 Å². The maximum absolute atomic E-state index is 13.2. The van der Waals surface area contributed by atoms with Gasteiger partial charge in [-0.05, 0) is 27.2 Å². The summed E-state index contributed by atoms with van der Waals surface area (Å²) in [5.74, 6) is -4.14. The molecular formula is C30H42N10O9. The van der Waals surface area contributed by atoms with Crippen molar-refractivity contribution in [2.45, 2.75) is 46.6 Å². The molecule has 0 aliphatic heterocycles. The lowest BCUT2D eigenvalue weighted by Gasteiger charge is -2.28. The van der Waals surface area contributed by atoms with E-state index in [4.69, 9.17) is 0 Å². The van der Waals surface area contributed by atoms with Crippen LogP contribution >= 0.6 is 0 Å². The zero-order valence-electron chi connectivity index (χ0n) is 28.4. The minimum absolute atomic E-state index is 0.0124. The third-order valence-electron chi connectivity index (χ3n) is 7.99. The number of nitrogens with one attached hydrogen (secondary N) is 3. The van der Waals surface area contributed by atoms with Gasteiger partial charge in [0.1, 0.15) is 17.5 Å². The van der Waals surface area contributed by atoms with Gasteiger partial charge in [0.05, 0.1) is 0 Å². The van der Waals surface area contributed by atoms with Crippen molar-refractivity contribution < 1.29 is 29.7 Å². The molecule has 3 heterocycles. The van der Waals surface area contributed by atoms with Crippen LogP contribution in [0.2, 0.25) is 0 Å². The average molecular weight is 687 g/mol. The molecule has 3 rings (SSSR count). The van der Waals surface area contributed by atoms with Gasteiger partial charge in [-0.15, -0.1) is 0 Å². The normalized spacial score (nSPS) is 11.8. The Morgan fingerprint density at radius 1 is 0.673 bits per heavy atom. The summed E-state index contributed by atoms with van der Waals surface area (Å²) in [7, 11) is 4.22. The molecule has 266 valence electrons. The van der Waals surface area contributed by atoms with E-state index in [1.165, 1.54) is 41.9 Å². The molecule has 3 aromatic heterocycles. The fourth-order valence-corrected chi connectivity index (χ4v) is 4.81. The molecule has 0 aliphatic carbocycles. The molecule has 0 saturated carbocycles. The lowest BCUT2D eigenvalue weighted by molar-refractivity contribution is 0.0911. The number of rotatable bonds is 14. The molecule has 0 aromatic carbocycles. The van der Waals surface area contributed by atoms with Crippen LogP contribution < -0.4 is 32.6 Å². The van der Waals surface area contributed by atoms with Gasteiger partial charge < -0.3 is 31.3 Å². The van der Waals surface area contributed by atoms with Crippen molar-refractivity contribution in [3.8, 4) is 17.2 Å². The van der Waals surface area contributed by atoms with Gasteiger partial charge in [-0.25, -0.2) is 15.0 Å². The lowest BCUT2D eigenvalue weighted by Crippen LogP contribution is -2.48. The Hall–Kier alpha value is -5.59. The Labute approximate surface area is 280 Å². The van der Waals surface area contributed by atoms with Gasteiger partial charge in [0, 0.05) is 59.9 Å². The SMILES string of the molecule is CCCC(CN(CCNC(=O)c1nc(C)n(C)c(=O)c1O)CCNC(=O)c1nc(C)n(C)c(=O)c1O)NC(=O)c1nc(C)n(C)c(=O)c1O. The number of carbonyl (C=O) groups excluding carboxylic acids is 3. The average Bonchev–Trinajstić information content (AvgIpc) is 3.06. The van der Waals surface area contributed by atoms with Crippen LogP contribution in [0.3, 0.4) is 0 Å². The van der Waals surface area contributed by atoms with Crippen molar-refractivity contribution in [1.29, 1.82) is 0 Å². The zero-order chi connectivity index (χ0) is 36.7. The second kappa shape index (κ2) is 16.0. The summed E-state index contributed by atoms with van der Waals surface area (Å²) >= 11 is 0. The molecule has 3 aromatic rings. The maximum Gasteiger partial charge on any atom is 0.296 e. The molecule has 19 nitrogen and oxygen atoms in total. The highest BCUT2D eigenvalue weighted by Gasteiger charge is 2.24. The van der Waals surface area contributed by atoms with Gasteiger partial charge in [0.15, 0.2) is 17.1 Å². The Morgan fingerprint density at radius 2 is 1.02 bits per heavy atom. The molecule has 6 N–H and O–H groups in total. The van der Waals surface area contributed by atoms with Crippen LogP contribution in [-0.4, -0.2) is 105 Å². The zero-order valence-corrected chi connectivity index (χ0v) is 28.4. The first-order valence-corrected chi connectivity index (χ1v) is 15.4. The van der Waals surface area contributed by atoms with Gasteiger partial charge in [0.25, 0.3) is 34.4 Å². The van der Waals surface area contributed by atoms with Crippen molar-refractivity contribution in [2.75, 3.05) is 32.7 Å². The summed E-state index contributed by atoms with van der Waals surface area (Å²) in [6.45, 7) is 6.84. The Kier molecular flexibility index (Phi) is 12.4. The highest BCUT2D eigenvalue weighted by Crippen LogP contribution is 2.12. The van der Waals surface area contributed by atoms with Crippen molar-refractivity contribution in [3.05, 3.63) is 65.6 Å². The van der Waals surface area contributed by atoms with E-state index in [0.29, 0.717) is 12.8 Å². The van der Waals surface area contributed by atoms with E-state index >= 15 is 0 Å². The van der Waals surface area contributed by atoms with Crippen LogP contribution in [-0.2, 0) is 21.1 Å². The van der Waals surface area contributed by atoms with Gasteiger partial charge >= 0.3 is 0 Å². The first-order valence-electron chi connectivity index (χ1n) is 15.4. The van der Waals surface area contributed by atoms with Crippen LogP contribution in [0.25, 0.3) is 0 Å². The molecule has 0 saturated heterocycles. The second-order valence-electron chi connectivity index (χ2n) is 11.4. The Morgan fingerprint density at radius 3 is 1.37 bits per heavy atom. The molecule has 1 atom stereocenters. The van der Waals surface area contributed by atoms with E-state index in [1.807, 2.05) is 6.92 Å². The van der Waals surface area contributed by atoms with Gasteiger partial charge in [0.2, 0.25) is 17.2 Å². The number of hydrogen-bond donors (Lipinski definition) is 6. The fourth-order valence-electron chi connectivity index (χ4n) is 4.81. The predicted molar refractivity (Wildman–Crippen MR) is 175 cm³/mol. The van der Waals surface area contributed by atoms with Gasteiger partial charge in [-0.2, -0.15) is 0 Å². The quantitative estimate of drug-likeness (QED) is 0.108. The predicted octanol–water partition coefficient (Wildman–Crippen LogP) is -1.93. The van der Waals surface area contributed by atoms with Crippen LogP contribution in [0.1, 0.15) is 68.7 Å². The van der Waals surface area contributed by atoms with Gasteiger partial charge in [-0.1, -0.05) is 13.3 Å². The smallest absolute Gasteiger partial charge is 0.296 e. The standard InChI is InChI=1S/C30H42N10O9/c1-8-9-18(36-27(46)21-24(43)30(49)39(7)17(4)35-21)14-40(12-10-31-25(44)19-22(41)28(47)37(5)15(2)33-19)13-11-32-26(45)20-23(42)29(48)38(6)16(3)34-20/h18,41-43H,8-14H2,1-7H3,(H,31,44)(H,32,45)(H,36,46). The first-order chi connectivity index (χ1) is 23.0. The summed E-state index contributed by atoms with van der Waals surface area (Å²) in [6.07, 6.45) is 1.09. The fraction of sp³-hybridized carbons (Fsp3) is 0.500. The van der Waals surface area contributed by atoms with Crippen molar-refractivity contribution in [3.63, 3.8) is 0 Å². The highest BCUT2D eigenvalue weighted by atomic mass is 16.3. The van der Waals surface area contributed by atoms with Crippen molar-refractivity contribution in [2.24, 2.45) is 21.1 Å². The number of aromatic nitrogens is 6. The molecule has 1 unspecified atom stereocenters. The lowest BCUT2D eigenvalue weighted by atomic mass is 10.1. The number of hydrogen-bond acceptors (Lipinski definition) is 13. The van der Waals surface area contributed by atoms with E-state index in [0.717, 1.165) is 13.7 Å². The summed E-state index contributed by atoms with van der Waals surface area (Å²) in [4.78, 5) is 89.5. The van der Waals surface area contributed by atoms with Crippen LogP contribution in [0.4, 0.5) is 0 Å². The minimum Gasteiger partial charge on any atom is -0.501 e. The molecule has 0 fully saturated rings. The molecule has 49 heavy (non-hydrogen) atoms. The van der Waals surface area contributed by atoms with E-state index < -0.39 is 74.8 Å². The number of carbonyl (C=O) groups is 3. The Balaban J connectivity index is 1.80. The van der Waals surface area contributed by atoms with Gasteiger partial charge in [-0.3, -0.25) is 47.4 Å². The molecule has 19 heteroatoms. The molecule has 0 bridgehead atoms. The highest BCUT2D eigenvalue weighted by molar-refractivity contribution is 5.95. The minimum atomic E-state index is -0.804. The number of amides is 3. The second-order valence-corrected chi connectivity index (χ2v) is 11.4. The third-order valence-corrected chi connectivity index (χ3v) is 7.99. The summed E-state index contributed by atoms with van der Waals surface area (Å²) in [5, 5.41) is 38.7.